The number of rotatable bonds is 7. The molecule has 0 unspecified atom stereocenters. The minimum absolute atomic E-state index is 0.0201. The van der Waals surface area contributed by atoms with Gasteiger partial charge in [-0.25, -0.2) is 4.98 Å². The summed E-state index contributed by atoms with van der Waals surface area (Å²) in [5.41, 5.74) is -0.0201. The zero-order chi connectivity index (χ0) is 15.0. The lowest BCUT2D eigenvalue weighted by atomic mass is 10.2. The molecule has 112 valence electrons. The zero-order valence-electron chi connectivity index (χ0n) is 11.0. The molecule has 0 saturated carbocycles. The lowest BCUT2D eigenvalue weighted by Crippen LogP contribution is -2.32. The third kappa shape index (κ3) is 5.87. The first kappa shape index (κ1) is 16.2. The second-order valence-corrected chi connectivity index (χ2v) is 3.87. The first-order valence-electron chi connectivity index (χ1n) is 6.07. The van der Waals surface area contributed by atoms with E-state index in [1.807, 2.05) is 6.92 Å². The molecule has 2 N–H and O–H groups in total. The molecule has 1 aromatic heterocycles. The van der Waals surface area contributed by atoms with E-state index >= 15 is 0 Å². The van der Waals surface area contributed by atoms with Crippen LogP contribution in [-0.2, 0) is 0 Å². The Morgan fingerprint density at radius 3 is 2.80 bits per heavy atom. The number of carbonyl (C=O) groups excluding carboxylic acids is 1. The number of ether oxygens (including phenoxy) is 1. The van der Waals surface area contributed by atoms with E-state index in [0.717, 1.165) is 6.54 Å². The molecular weight excluding hydrogens is 275 g/mol. The summed E-state index contributed by atoms with van der Waals surface area (Å²) in [6.45, 7) is 2.14. The summed E-state index contributed by atoms with van der Waals surface area (Å²) in [5.74, 6) is -0.848. The van der Waals surface area contributed by atoms with E-state index in [9.17, 15) is 18.0 Å². The number of alkyl halides is 3. The smallest absolute Gasteiger partial charge is 0.422 e. The number of pyridine rings is 1. The summed E-state index contributed by atoms with van der Waals surface area (Å²) in [6.07, 6.45) is -3.21. The average molecular weight is 291 g/mol. The number of nitrogens with one attached hydrogen (secondary N) is 2. The average Bonchev–Trinajstić information content (AvgIpc) is 2.40. The van der Waals surface area contributed by atoms with Gasteiger partial charge in [-0.1, -0.05) is 6.92 Å². The van der Waals surface area contributed by atoms with E-state index in [1.54, 1.807) is 0 Å². The Balaban J connectivity index is 2.62. The highest BCUT2D eigenvalue weighted by Gasteiger charge is 2.29. The van der Waals surface area contributed by atoms with Crippen molar-refractivity contribution in [1.82, 2.24) is 15.6 Å². The largest absolute Gasteiger partial charge is 0.467 e. The van der Waals surface area contributed by atoms with Gasteiger partial charge in [-0.2, -0.15) is 13.2 Å². The summed E-state index contributed by atoms with van der Waals surface area (Å²) in [7, 11) is 0. The Hall–Kier alpha value is -1.83. The number of hydrogen-bond donors (Lipinski definition) is 2. The highest BCUT2D eigenvalue weighted by Crippen LogP contribution is 2.19. The van der Waals surface area contributed by atoms with Gasteiger partial charge < -0.3 is 15.4 Å². The van der Waals surface area contributed by atoms with Gasteiger partial charge in [-0.15, -0.1) is 0 Å². The molecular formula is C12H16F3N3O2. The lowest BCUT2D eigenvalue weighted by molar-refractivity contribution is -0.154. The van der Waals surface area contributed by atoms with E-state index < -0.39 is 18.7 Å². The molecule has 1 amide bonds. The van der Waals surface area contributed by atoms with Crippen LogP contribution in [0.5, 0.6) is 5.88 Å². The van der Waals surface area contributed by atoms with E-state index in [0.29, 0.717) is 13.1 Å². The van der Waals surface area contributed by atoms with Gasteiger partial charge in [0.1, 0.15) is 5.56 Å². The third-order valence-corrected chi connectivity index (χ3v) is 2.23. The predicted molar refractivity (Wildman–Crippen MR) is 66.7 cm³/mol. The molecule has 8 heteroatoms. The van der Waals surface area contributed by atoms with Crippen molar-refractivity contribution in [3.63, 3.8) is 0 Å². The number of amides is 1. The van der Waals surface area contributed by atoms with Crippen molar-refractivity contribution in [2.75, 3.05) is 26.2 Å². The summed E-state index contributed by atoms with van der Waals surface area (Å²) in [4.78, 5) is 15.5. The van der Waals surface area contributed by atoms with E-state index in [1.165, 1.54) is 18.3 Å². The van der Waals surface area contributed by atoms with Gasteiger partial charge in [0.25, 0.3) is 5.91 Å². The number of nitrogens with zero attached hydrogens (tertiary/aromatic N) is 1. The summed E-state index contributed by atoms with van der Waals surface area (Å²) >= 11 is 0. The van der Waals surface area contributed by atoms with Gasteiger partial charge >= 0.3 is 6.18 Å². The summed E-state index contributed by atoms with van der Waals surface area (Å²) in [5, 5.41) is 5.57. The van der Waals surface area contributed by atoms with Crippen LogP contribution in [0.2, 0.25) is 0 Å². The van der Waals surface area contributed by atoms with Crippen molar-refractivity contribution in [3.8, 4) is 5.88 Å². The number of aromatic nitrogens is 1. The van der Waals surface area contributed by atoms with Crippen molar-refractivity contribution in [1.29, 1.82) is 0 Å². The quantitative estimate of drug-likeness (QED) is 0.745. The Labute approximate surface area is 114 Å². The molecule has 0 aliphatic rings. The van der Waals surface area contributed by atoms with Gasteiger partial charge in [-0.3, -0.25) is 4.79 Å². The van der Waals surface area contributed by atoms with Crippen LogP contribution in [0.1, 0.15) is 17.3 Å². The van der Waals surface area contributed by atoms with Crippen LogP contribution in [0.3, 0.4) is 0 Å². The lowest BCUT2D eigenvalue weighted by Gasteiger charge is -2.12. The van der Waals surface area contributed by atoms with E-state index in [4.69, 9.17) is 0 Å². The first-order valence-corrected chi connectivity index (χ1v) is 6.07. The maximum absolute atomic E-state index is 12.1. The topological polar surface area (TPSA) is 63.2 Å². The number of halogens is 3. The Bertz CT molecular complexity index is 438. The maximum atomic E-state index is 12.1. The normalized spacial score (nSPS) is 11.2. The molecule has 0 bridgehead atoms. The number of hydrogen-bond acceptors (Lipinski definition) is 4. The van der Waals surface area contributed by atoms with Crippen molar-refractivity contribution in [3.05, 3.63) is 23.9 Å². The molecule has 1 rings (SSSR count). The van der Waals surface area contributed by atoms with E-state index in [2.05, 4.69) is 20.4 Å². The SMILES string of the molecule is CCNCCNC(=O)c1cccnc1OCC(F)(F)F. The Morgan fingerprint density at radius 2 is 2.15 bits per heavy atom. The molecule has 0 saturated heterocycles. The molecule has 1 aromatic rings. The van der Waals surface area contributed by atoms with Crippen molar-refractivity contribution in [2.24, 2.45) is 0 Å². The molecule has 5 nitrogen and oxygen atoms in total. The standard InChI is InChI=1S/C12H16F3N3O2/c1-2-16-6-7-17-10(19)9-4-3-5-18-11(9)20-8-12(13,14)15/h3-5,16H,2,6-8H2,1H3,(H,17,19). The second kappa shape index (κ2) is 7.68. The highest BCUT2D eigenvalue weighted by molar-refractivity contribution is 5.96. The van der Waals surface area contributed by atoms with Crippen LogP contribution in [-0.4, -0.2) is 43.3 Å². The molecule has 0 fully saturated rings. The van der Waals surface area contributed by atoms with Gasteiger partial charge in [-0.05, 0) is 18.7 Å². The molecule has 20 heavy (non-hydrogen) atoms. The fourth-order valence-corrected chi connectivity index (χ4v) is 1.37. The van der Waals surface area contributed by atoms with Crippen LogP contribution < -0.4 is 15.4 Å². The molecule has 0 spiro atoms. The van der Waals surface area contributed by atoms with Crippen molar-refractivity contribution in [2.45, 2.75) is 13.1 Å². The fourth-order valence-electron chi connectivity index (χ4n) is 1.37. The molecule has 0 aliphatic carbocycles. The predicted octanol–water partition coefficient (Wildman–Crippen LogP) is 1.36. The maximum Gasteiger partial charge on any atom is 0.422 e. The van der Waals surface area contributed by atoms with Crippen LogP contribution in [0.25, 0.3) is 0 Å². The molecule has 0 radical (unpaired) electrons. The first-order chi connectivity index (χ1) is 9.44. The van der Waals surface area contributed by atoms with E-state index in [-0.39, 0.29) is 11.4 Å². The van der Waals surface area contributed by atoms with Gasteiger partial charge in [0.05, 0.1) is 0 Å². The molecule has 0 aliphatic heterocycles. The minimum Gasteiger partial charge on any atom is -0.467 e. The van der Waals surface area contributed by atoms with Crippen molar-refractivity contribution < 1.29 is 22.7 Å². The van der Waals surface area contributed by atoms with Gasteiger partial charge in [0.15, 0.2) is 6.61 Å². The molecule has 1 heterocycles. The fraction of sp³-hybridized carbons (Fsp3) is 0.500. The van der Waals surface area contributed by atoms with Crippen LogP contribution >= 0.6 is 0 Å². The van der Waals surface area contributed by atoms with Gasteiger partial charge in [0.2, 0.25) is 5.88 Å². The monoisotopic (exact) mass is 291 g/mol. The summed E-state index contributed by atoms with van der Waals surface area (Å²) in [6, 6.07) is 2.82. The van der Waals surface area contributed by atoms with Crippen LogP contribution in [0.4, 0.5) is 13.2 Å². The third-order valence-electron chi connectivity index (χ3n) is 2.23. The Morgan fingerprint density at radius 1 is 1.40 bits per heavy atom. The highest BCUT2D eigenvalue weighted by atomic mass is 19.4. The van der Waals surface area contributed by atoms with Gasteiger partial charge in [0, 0.05) is 19.3 Å². The van der Waals surface area contributed by atoms with Crippen LogP contribution in [0, 0.1) is 0 Å². The Kier molecular flexibility index (Phi) is 6.23. The minimum atomic E-state index is -4.48. The van der Waals surface area contributed by atoms with Crippen molar-refractivity contribution >= 4 is 5.91 Å². The zero-order valence-corrected chi connectivity index (χ0v) is 11.0. The number of likely N-dealkylation sites (N-methyl/N-ethyl adjacent to an activating group) is 1. The molecule has 0 aromatic carbocycles. The van der Waals surface area contributed by atoms with Crippen LogP contribution in [0.15, 0.2) is 18.3 Å². The molecule has 0 atom stereocenters. The second-order valence-electron chi connectivity index (χ2n) is 3.87. The summed E-state index contributed by atoms with van der Waals surface area (Å²) < 4.78 is 40.8. The number of carbonyl (C=O) groups is 1.